The predicted octanol–water partition coefficient (Wildman–Crippen LogP) is 0.908. The number of carboxylic acid groups (broad SMARTS) is 1. The summed E-state index contributed by atoms with van der Waals surface area (Å²) in [6, 6.07) is 0. The average Bonchev–Trinajstić information content (AvgIpc) is 2.79. The van der Waals surface area contributed by atoms with Crippen LogP contribution in [0.15, 0.2) is 9.64 Å². The Bertz CT molecular complexity index is 345. The molecule has 1 aliphatic rings. The van der Waals surface area contributed by atoms with Crippen LogP contribution in [-0.4, -0.2) is 27.5 Å². The minimum absolute atomic E-state index is 0.240. The van der Waals surface area contributed by atoms with Crippen LogP contribution in [0.25, 0.3) is 0 Å². The van der Waals surface area contributed by atoms with Crippen LogP contribution in [0.2, 0.25) is 0 Å². The third-order valence-electron chi connectivity index (χ3n) is 2.15. The molecule has 6 heteroatoms. The van der Waals surface area contributed by atoms with E-state index < -0.39 is 11.4 Å². The van der Waals surface area contributed by atoms with Crippen LogP contribution in [-0.2, 0) is 10.2 Å². The summed E-state index contributed by atoms with van der Waals surface area (Å²) in [5.41, 5.74) is -0.874. The fourth-order valence-electron chi connectivity index (χ4n) is 1.13. The molecule has 13 heavy (non-hydrogen) atoms. The van der Waals surface area contributed by atoms with E-state index in [0.29, 0.717) is 18.1 Å². The molecule has 70 valence electrons. The van der Waals surface area contributed by atoms with Gasteiger partial charge in [-0.2, -0.15) is 0 Å². The van der Waals surface area contributed by atoms with Crippen molar-refractivity contribution in [3.63, 3.8) is 0 Å². The molecule has 1 heterocycles. The molecule has 5 nitrogen and oxygen atoms in total. The molecule has 2 rings (SSSR count). The monoisotopic (exact) mass is 200 g/mol. The lowest BCUT2D eigenvalue weighted by molar-refractivity contribution is -0.140. The molecular formula is C7H8N2O3S. The van der Waals surface area contributed by atoms with Gasteiger partial charge in [-0.3, -0.25) is 4.79 Å². The van der Waals surface area contributed by atoms with Gasteiger partial charge in [0.15, 0.2) is 0 Å². The zero-order valence-electron chi connectivity index (χ0n) is 6.98. The van der Waals surface area contributed by atoms with Crippen molar-refractivity contribution in [2.24, 2.45) is 0 Å². The fraction of sp³-hybridized carbons (Fsp3) is 0.571. The first-order chi connectivity index (χ1) is 6.19. The standard InChI is InChI=1S/C7H8N2O3S/c1-13-6-9-8-4(12-6)7(2-3-7)5(10)11/h2-3H2,1H3,(H,10,11). The lowest BCUT2D eigenvalue weighted by Gasteiger charge is -2.01. The van der Waals surface area contributed by atoms with Gasteiger partial charge in [-0.1, -0.05) is 11.8 Å². The Labute approximate surface area is 78.5 Å². The van der Waals surface area contributed by atoms with Crippen molar-refractivity contribution in [3.8, 4) is 0 Å². The Morgan fingerprint density at radius 3 is 2.69 bits per heavy atom. The van der Waals surface area contributed by atoms with Crippen molar-refractivity contribution >= 4 is 17.7 Å². The lowest BCUT2D eigenvalue weighted by Crippen LogP contribution is -2.19. The molecular weight excluding hydrogens is 192 g/mol. The second kappa shape index (κ2) is 2.73. The zero-order chi connectivity index (χ0) is 9.47. The number of hydrogen-bond acceptors (Lipinski definition) is 5. The van der Waals surface area contributed by atoms with Crippen LogP contribution in [0, 0.1) is 0 Å². The van der Waals surface area contributed by atoms with Gasteiger partial charge in [-0.05, 0) is 19.1 Å². The first-order valence-corrected chi connectivity index (χ1v) is 5.03. The number of rotatable bonds is 3. The highest BCUT2D eigenvalue weighted by molar-refractivity contribution is 7.98. The summed E-state index contributed by atoms with van der Waals surface area (Å²) < 4.78 is 5.18. The molecule has 1 aromatic heterocycles. The van der Waals surface area contributed by atoms with Crippen molar-refractivity contribution in [2.45, 2.75) is 23.5 Å². The SMILES string of the molecule is CSc1nnc(C2(C(=O)O)CC2)o1. The first-order valence-electron chi connectivity index (χ1n) is 3.80. The maximum atomic E-state index is 10.8. The van der Waals surface area contributed by atoms with Gasteiger partial charge in [-0.15, -0.1) is 10.2 Å². The largest absolute Gasteiger partial charge is 0.480 e. The smallest absolute Gasteiger partial charge is 0.319 e. The molecule has 0 radical (unpaired) electrons. The topological polar surface area (TPSA) is 76.2 Å². The zero-order valence-corrected chi connectivity index (χ0v) is 7.80. The number of aromatic nitrogens is 2. The lowest BCUT2D eigenvalue weighted by atomic mass is 10.1. The Kier molecular flexibility index (Phi) is 1.80. The van der Waals surface area contributed by atoms with Crippen LogP contribution >= 0.6 is 11.8 Å². The Hall–Kier alpha value is -1.04. The molecule has 0 atom stereocenters. The Morgan fingerprint density at radius 2 is 2.31 bits per heavy atom. The summed E-state index contributed by atoms with van der Waals surface area (Å²) in [5, 5.41) is 16.8. The van der Waals surface area contributed by atoms with E-state index in [1.807, 2.05) is 0 Å². The Morgan fingerprint density at radius 1 is 1.62 bits per heavy atom. The van der Waals surface area contributed by atoms with Crippen LogP contribution in [0.1, 0.15) is 18.7 Å². The van der Waals surface area contributed by atoms with Crippen molar-refractivity contribution in [1.82, 2.24) is 10.2 Å². The van der Waals surface area contributed by atoms with E-state index in [9.17, 15) is 4.79 Å². The summed E-state index contributed by atoms with van der Waals surface area (Å²) >= 11 is 1.31. The van der Waals surface area contributed by atoms with E-state index in [4.69, 9.17) is 9.52 Å². The van der Waals surface area contributed by atoms with Gasteiger partial charge in [0.2, 0.25) is 5.89 Å². The maximum absolute atomic E-state index is 10.8. The molecule has 0 bridgehead atoms. The summed E-state index contributed by atoms with van der Waals surface area (Å²) in [4.78, 5) is 10.8. The minimum atomic E-state index is -0.874. The van der Waals surface area contributed by atoms with Gasteiger partial charge in [0.25, 0.3) is 5.22 Å². The fourth-order valence-corrected chi connectivity index (χ4v) is 1.41. The number of nitrogens with zero attached hydrogens (tertiary/aromatic N) is 2. The van der Waals surface area contributed by atoms with Crippen molar-refractivity contribution < 1.29 is 14.3 Å². The second-order valence-electron chi connectivity index (χ2n) is 2.96. The first kappa shape index (κ1) is 8.55. The summed E-state index contributed by atoms with van der Waals surface area (Å²) in [6.45, 7) is 0. The molecule has 1 saturated carbocycles. The van der Waals surface area contributed by atoms with E-state index in [1.54, 1.807) is 6.26 Å². The van der Waals surface area contributed by atoms with E-state index in [0.717, 1.165) is 0 Å². The van der Waals surface area contributed by atoms with Crippen molar-refractivity contribution in [1.29, 1.82) is 0 Å². The number of thioether (sulfide) groups is 1. The number of carbonyl (C=O) groups is 1. The molecule has 0 aromatic carbocycles. The van der Waals surface area contributed by atoms with E-state index in [-0.39, 0.29) is 5.89 Å². The van der Waals surface area contributed by atoms with Crippen LogP contribution in [0.3, 0.4) is 0 Å². The third-order valence-corrected chi connectivity index (χ3v) is 2.66. The third kappa shape index (κ3) is 1.21. The highest BCUT2D eigenvalue weighted by Crippen LogP contribution is 2.47. The van der Waals surface area contributed by atoms with Crippen LogP contribution in [0.4, 0.5) is 0 Å². The van der Waals surface area contributed by atoms with Gasteiger partial charge in [0.05, 0.1) is 0 Å². The van der Waals surface area contributed by atoms with E-state index >= 15 is 0 Å². The molecule has 1 aromatic rings. The maximum Gasteiger partial charge on any atom is 0.319 e. The molecule has 0 amide bonds. The van der Waals surface area contributed by atoms with Crippen molar-refractivity contribution in [2.75, 3.05) is 6.26 Å². The molecule has 0 spiro atoms. The summed E-state index contributed by atoms with van der Waals surface area (Å²) in [5.74, 6) is -0.631. The van der Waals surface area contributed by atoms with E-state index in [2.05, 4.69) is 10.2 Å². The Balaban J connectivity index is 2.30. The molecule has 0 unspecified atom stereocenters. The molecule has 0 aliphatic heterocycles. The quantitative estimate of drug-likeness (QED) is 0.731. The second-order valence-corrected chi connectivity index (χ2v) is 3.72. The van der Waals surface area contributed by atoms with Gasteiger partial charge < -0.3 is 9.52 Å². The van der Waals surface area contributed by atoms with Crippen LogP contribution < -0.4 is 0 Å². The average molecular weight is 200 g/mol. The van der Waals surface area contributed by atoms with Gasteiger partial charge in [-0.25, -0.2) is 0 Å². The normalized spacial score (nSPS) is 18.5. The van der Waals surface area contributed by atoms with Gasteiger partial charge in [0, 0.05) is 0 Å². The number of aliphatic carboxylic acids is 1. The van der Waals surface area contributed by atoms with E-state index in [1.165, 1.54) is 11.8 Å². The summed E-state index contributed by atoms with van der Waals surface area (Å²) in [7, 11) is 0. The van der Waals surface area contributed by atoms with Gasteiger partial charge in [0.1, 0.15) is 5.41 Å². The minimum Gasteiger partial charge on any atom is -0.480 e. The highest BCUT2D eigenvalue weighted by Gasteiger charge is 2.56. The molecule has 0 saturated heterocycles. The molecule has 1 N–H and O–H groups in total. The summed E-state index contributed by atoms with van der Waals surface area (Å²) in [6.07, 6.45) is 2.99. The molecule has 1 fully saturated rings. The van der Waals surface area contributed by atoms with Crippen molar-refractivity contribution in [3.05, 3.63) is 5.89 Å². The number of hydrogen-bond donors (Lipinski definition) is 1. The van der Waals surface area contributed by atoms with Crippen LogP contribution in [0.5, 0.6) is 0 Å². The van der Waals surface area contributed by atoms with Gasteiger partial charge >= 0.3 is 5.97 Å². The predicted molar refractivity (Wildman–Crippen MR) is 44.6 cm³/mol. The highest BCUT2D eigenvalue weighted by atomic mass is 32.2. The number of carboxylic acids is 1. The molecule has 1 aliphatic carbocycles.